The third-order valence-corrected chi connectivity index (χ3v) is 5.84. The molecule has 0 aliphatic rings. The number of hydrogen-bond donors (Lipinski definition) is 0. The van der Waals surface area contributed by atoms with Crippen LogP contribution in [0.4, 0.5) is 0 Å². The van der Waals surface area contributed by atoms with Gasteiger partial charge in [-0.25, -0.2) is 17.2 Å². The molecule has 0 fully saturated rings. The Kier molecular flexibility index (Phi) is 5.08. The van der Waals surface area contributed by atoms with Crippen molar-refractivity contribution in [2.24, 2.45) is 0 Å². The first kappa shape index (κ1) is 19.1. The summed E-state index contributed by atoms with van der Waals surface area (Å²) in [4.78, 5) is 24.4. The van der Waals surface area contributed by atoms with Crippen molar-refractivity contribution in [3.8, 4) is 0 Å². The Morgan fingerprint density at radius 3 is 2.41 bits per heavy atom. The maximum absolute atomic E-state index is 13.2. The summed E-state index contributed by atoms with van der Waals surface area (Å²) in [6.07, 6.45) is -0.106. The molecular weight excluding hydrogens is 390 g/mol. The van der Waals surface area contributed by atoms with Gasteiger partial charge in [0.15, 0.2) is 6.29 Å². The number of aldehydes is 1. The Labute approximate surface area is 161 Å². The maximum Gasteiger partial charge on any atom is 0.341 e. The highest BCUT2D eigenvalue weighted by atomic mass is 35.5. The number of fused-ring (bicyclic) bond motifs is 1. The molecule has 0 amide bonds. The van der Waals surface area contributed by atoms with E-state index in [0.29, 0.717) is 11.3 Å². The molecule has 0 unspecified atom stereocenters. The first-order valence-electron chi connectivity index (χ1n) is 8.08. The van der Waals surface area contributed by atoms with Crippen LogP contribution in [-0.4, -0.2) is 30.7 Å². The maximum atomic E-state index is 13.2. The number of benzene rings is 2. The third kappa shape index (κ3) is 3.36. The number of carbonyl (C=O) groups is 2. The second-order valence-electron chi connectivity index (χ2n) is 6.08. The highest BCUT2D eigenvalue weighted by Gasteiger charge is 2.30. The highest BCUT2D eigenvalue weighted by Crippen LogP contribution is 2.32. The van der Waals surface area contributed by atoms with Crippen LogP contribution in [0.3, 0.4) is 0 Å². The van der Waals surface area contributed by atoms with E-state index in [1.807, 2.05) is 0 Å². The quantitative estimate of drug-likeness (QED) is 0.474. The van der Waals surface area contributed by atoms with E-state index in [-0.39, 0.29) is 27.1 Å². The predicted octanol–water partition coefficient (Wildman–Crippen LogP) is 3.91. The molecule has 2 aromatic carbocycles. The molecule has 3 rings (SSSR count). The Balaban J connectivity index is 2.41. The minimum Gasteiger partial charge on any atom is -0.459 e. The largest absolute Gasteiger partial charge is 0.459 e. The van der Waals surface area contributed by atoms with Gasteiger partial charge in [-0.1, -0.05) is 29.8 Å². The Morgan fingerprint density at radius 1 is 1.15 bits per heavy atom. The summed E-state index contributed by atoms with van der Waals surface area (Å²) in [6.45, 7) is 3.32. The fraction of sp³-hybridized carbons (Fsp3) is 0.158. The van der Waals surface area contributed by atoms with E-state index in [9.17, 15) is 18.0 Å². The number of ether oxygens (including phenoxy) is 1. The Hall–Kier alpha value is -2.64. The van der Waals surface area contributed by atoms with Crippen molar-refractivity contribution < 1.29 is 22.7 Å². The fourth-order valence-electron chi connectivity index (χ4n) is 2.81. The van der Waals surface area contributed by atoms with E-state index in [2.05, 4.69) is 0 Å². The van der Waals surface area contributed by atoms with E-state index in [4.69, 9.17) is 16.3 Å². The molecule has 0 radical (unpaired) electrons. The fourth-order valence-corrected chi connectivity index (χ4v) is 4.50. The van der Waals surface area contributed by atoms with Gasteiger partial charge in [0.25, 0.3) is 10.0 Å². The molecule has 1 aromatic heterocycles. The monoisotopic (exact) mass is 405 g/mol. The number of carbonyl (C=O) groups excluding carboxylic acids is 2. The summed E-state index contributed by atoms with van der Waals surface area (Å²) < 4.78 is 32.4. The lowest BCUT2D eigenvalue weighted by Gasteiger charge is -2.10. The summed E-state index contributed by atoms with van der Waals surface area (Å²) >= 11 is 6.04. The highest BCUT2D eigenvalue weighted by molar-refractivity contribution is 7.90. The number of hydrogen-bond acceptors (Lipinski definition) is 5. The summed E-state index contributed by atoms with van der Waals surface area (Å²) in [5, 5.41) is 0.530. The van der Waals surface area contributed by atoms with Crippen LogP contribution in [0.5, 0.6) is 0 Å². The van der Waals surface area contributed by atoms with Gasteiger partial charge in [0.05, 0.1) is 22.1 Å². The minimum atomic E-state index is -4.13. The first-order chi connectivity index (χ1) is 12.8. The van der Waals surface area contributed by atoms with Gasteiger partial charge in [-0.2, -0.15) is 0 Å². The van der Waals surface area contributed by atoms with Crippen LogP contribution < -0.4 is 0 Å². The Morgan fingerprint density at radius 2 is 1.81 bits per heavy atom. The van der Waals surface area contributed by atoms with Crippen LogP contribution in [0, 0.1) is 0 Å². The first-order valence-corrected chi connectivity index (χ1v) is 9.90. The van der Waals surface area contributed by atoms with Gasteiger partial charge in [0, 0.05) is 10.4 Å². The molecule has 0 spiro atoms. The number of halogens is 1. The number of aromatic nitrogens is 1. The lowest BCUT2D eigenvalue weighted by Crippen LogP contribution is -2.18. The SMILES string of the molecule is CC(C)OC(=O)c1c(C=O)n(S(=O)(=O)c2ccccc2)c2ccc(Cl)cc12. The van der Waals surface area contributed by atoms with Gasteiger partial charge < -0.3 is 4.74 Å². The van der Waals surface area contributed by atoms with Crippen molar-refractivity contribution >= 4 is 44.8 Å². The number of nitrogens with zero attached hydrogens (tertiary/aromatic N) is 1. The van der Waals surface area contributed by atoms with Crippen LogP contribution in [0.25, 0.3) is 10.9 Å². The molecular formula is C19H16ClNO5S. The molecule has 0 saturated heterocycles. The molecule has 0 aliphatic carbocycles. The average Bonchev–Trinajstić information content (AvgIpc) is 2.96. The smallest absolute Gasteiger partial charge is 0.341 e. The van der Waals surface area contributed by atoms with Crippen LogP contribution in [-0.2, 0) is 14.8 Å². The molecule has 3 aromatic rings. The summed E-state index contributed by atoms with van der Waals surface area (Å²) in [5.41, 5.74) is -0.265. The molecule has 0 aliphatic heterocycles. The van der Waals surface area contributed by atoms with Crippen molar-refractivity contribution in [3.05, 3.63) is 64.8 Å². The minimum absolute atomic E-state index is 0.0104. The van der Waals surface area contributed by atoms with Gasteiger partial charge in [-0.05, 0) is 44.2 Å². The number of esters is 1. The molecule has 1 heterocycles. The van der Waals surface area contributed by atoms with Gasteiger partial charge in [0.1, 0.15) is 5.69 Å². The van der Waals surface area contributed by atoms with Crippen LogP contribution in [0.1, 0.15) is 34.7 Å². The molecule has 27 heavy (non-hydrogen) atoms. The molecule has 0 N–H and O–H groups in total. The summed E-state index contributed by atoms with van der Waals surface area (Å²) in [6, 6.07) is 12.0. The van der Waals surface area contributed by atoms with Crippen molar-refractivity contribution in [2.75, 3.05) is 0 Å². The van der Waals surface area contributed by atoms with Crippen molar-refractivity contribution in [2.45, 2.75) is 24.8 Å². The third-order valence-electron chi connectivity index (χ3n) is 3.86. The van der Waals surface area contributed by atoms with E-state index in [1.54, 1.807) is 32.0 Å². The second kappa shape index (κ2) is 7.17. The van der Waals surface area contributed by atoms with Crippen molar-refractivity contribution in [1.82, 2.24) is 3.97 Å². The van der Waals surface area contributed by atoms with Gasteiger partial charge in [-0.3, -0.25) is 4.79 Å². The average molecular weight is 406 g/mol. The van der Waals surface area contributed by atoms with Gasteiger partial charge in [0.2, 0.25) is 0 Å². The zero-order chi connectivity index (χ0) is 19.8. The number of rotatable bonds is 5. The molecule has 6 nitrogen and oxygen atoms in total. The normalized spacial score (nSPS) is 11.7. The van der Waals surface area contributed by atoms with Gasteiger partial charge >= 0.3 is 5.97 Å². The zero-order valence-electron chi connectivity index (χ0n) is 14.5. The van der Waals surface area contributed by atoms with E-state index < -0.39 is 22.1 Å². The molecule has 8 heteroatoms. The van der Waals surface area contributed by atoms with E-state index in [0.717, 1.165) is 3.97 Å². The van der Waals surface area contributed by atoms with Gasteiger partial charge in [-0.15, -0.1) is 0 Å². The topological polar surface area (TPSA) is 82.4 Å². The van der Waals surface area contributed by atoms with E-state index >= 15 is 0 Å². The zero-order valence-corrected chi connectivity index (χ0v) is 16.1. The standard InChI is InChI=1S/C19H16ClNO5S/c1-12(2)26-19(23)18-15-10-13(20)8-9-16(15)21(17(18)11-22)27(24,25)14-6-4-3-5-7-14/h3-12H,1-2H3. The summed E-state index contributed by atoms with van der Waals surface area (Å²) in [5.74, 6) is -0.790. The van der Waals surface area contributed by atoms with Crippen LogP contribution in [0.15, 0.2) is 53.4 Å². The molecule has 140 valence electrons. The molecule has 0 bridgehead atoms. The lowest BCUT2D eigenvalue weighted by atomic mass is 10.1. The predicted molar refractivity (Wildman–Crippen MR) is 102 cm³/mol. The van der Waals surface area contributed by atoms with Crippen LogP contribution in [0.2, 0.25) is 5.02 Å². The van der Waals surface area contributed by atoms with Crippen molar-refractivity contribution in [3.63, 3.8) is 0 Å². The summed E-state index contributed by atoms with van der Waals surface area (Å²) in [7, 11) is -4.13. The second-order valence-corrected chi connectivity index (χ2v) is 8.30. The van der Waals surface area contributed by atoms with Crippen molar-refractivity contribution in [1.29, 1.82) is 0 Å². The van der Waals surface area contributed by atoms with Crippen LogP contribution >= 0.6 is 11.6 Å². The molecule has 0 atom stereocenters. The lowest BCUT2D eigenvalue weighted by molar-refractivity contribution is 0.0378. The van der Waals surface area contributed by atoms with E-state index in [1.165, 1.54) is 30.3 Å². The molecule has 0 saturated carbocycles. The Bertz CT molecular complexity index is 1130.